The molecule has 2 aliphatic rings. The van der Waals surface area contributed by atoms with Crippen molar-refractivity contribution in [3.05, 3.63) is 259 Å². The van der Waals surface area contributed by atoms with Crippen molar-refractivity contribution in [3.8, 4) is 61.3 Å². The molecule has 0 fully saturated rings. The van der Waals surface area contributed by atoms with Crippen molar-refractivity contribution < 1.29 is 0 Å². The summed E-state index contributed by atoms with van der Waals surface area (Å²) in [5.41, 5.74) is 22.8. The molecule has 0 atom stereocenters. The number of fused-ring (bicyclic) bond motifs is 19. The van der Waals surface area contributed by atoms with Crippen molar-refractivity contribution in [2.24, 2.45) is 0 Å². The van der Waals surface area contributed by atoms with Crippen LogP contribution in [-0.4, -0.2) is 14.5 Å². The van der Waals surface area contributed by atoms with E-state index in [4.69, 9.17) is 9.97 Å². The third kappa shape index (κ3) is 5.02. The van der Waals surface area contributed by atoms with Crippen LogP contribution < -0.4 is 0 Å². The van der Waals surface area contributed by atoms with Gasteiger partial charge in [0.25, 0.3) is 0 Å². The van der Waals surface area contributed by atoms with Crippen molar-refractivity contribution in [2.75, 3.05) is 0 Å². The van der Waals surface area contributed by atoms with E-state index in [0.29, 0.717) is 0 Å². The Kier molecular flexibility index (Phi) is 7.71. The van der Waals surface area contributed by atoms with E-state index in [1.54, 1.807) is 12.4 Å². The molecule has 0 amide bonds. The number of para-hydroxylation sites is 1. The topological polar surface area (TPSA) is 30.7 Å². The largest absolute Gasteiger partial charge is 0.309 e. The zero-order valence-corrected chi connectivity index (χ0v) is 36.9. The Balaban J connectivity index is 0.925. The monoisotopic (exact) mass is 861 g/mol. The molecule has 3 nitrogen and oxygen atoms in total. The molecule has 0 aliphatic heterocycles. The fourth-order valence-electron chi connectivity index (χ4n) is 12.3. The fourth-order valence-corrected chi connectivity index (χ4v) is 12.3. The van der Waals surface area contributed by atoms with Gasteiger partial charge in [-0.2, -0.15) is 0 Å². The standard InChI is InChI=1S/C65H39N3/c1-2-14-44(15-3-1)68-61-32-28-40(41-26-30-51-50-21-10-13-25-59(50)65(60(51)39-41)57-23-11-8-19-48(57)49-20-9-12-24-58(49)65)36-55(61)56-38-43(29-33-62(56)68)46-17-5-4-16-45(46)42-27-31-53-54(37-42)47-18-6-7-22-52(47)63-64(53)67-35-34-66-63/h1-39H. The van der Waals surface area contributed by atoms with E-state index in [1.165, 1.54) is 110 Å². The van der Waals surface area contributed by atoms with Crippen LogP contribution in [0.4, 0.5) is 0 Å². The molecule has 15 rings (SSSR count). The summed E-state index contributed by atoms with van der Waals surface area (Å²) < 4.78 is 2.42. The van der Waals surface area contributed by atoms with Crippen LogP contribution in [0.1, 0.15) is 22.3 Å². The van der Waals surface area contributed by atoms with Crippen LogP contribution in [0.2, 0.25) is 0 Å². The highest BCUT2D eigenvalue weighted by Gasteiger charge is 2.51. The van der Waals surface area contributed by atoms with Crippen molar-refractivity contribution in [1.82, 2.24) is 14.5 Å². The van der Waals surface area contributed by atoms with Gasteiger partial charge in [0.1, 0.15) is 0 Å². The number of benzene rings is 11. The van der Waals surface area contributed by atoms with Crippen LogP contribution in [-0.2, 0) is 5.41 Å². The molecular formula is C65H39N3. The van der Waals surface area contributed by atoms with Crippen LogP contribution in [0, 0.1) is 0 Å². The molecule has 1 spiro atoms. The molecule has 0 unspecified atom stereocenters. The zero-order valence-electron chi connectivity index (χ0n) is 36.9. The number of rotatable bonds is 4. The first-order chi connectivity index (χ1) is 33.7. The Morgan fingerprint density at radius 3 is 1.32 bits per heavy atom. The zero-order chi connectivity index (χ0) is 44.5. The van der Waals surface area contributed by atoms with Gasteiger partial charge in [-0.3, -0.25) is 9.97 Å². The molecule has 68 heavy (non-hydrogen) atoms. The maximum atomic E-state index is 4.82. The second-order valence-electron chi connectivity index (χ2n) is 18.4. The lowest BCUT2D eigenvalue weighted by atomic mass is 9.70. The number of hydrogen-bond donors (Lipinski definition) is 0. The molecule has 0 bridgehead atoms. The van der Waals surface area contributed by atoms with Gasteiger partial charge in [0, 0.05) is 39.6 Å². The fraction of sp³-hybridized carbons (Fsp3) is 0.0154. The van der Waals surface area contributed by atoms with Gasteiger partial charge >= 0.3 is 0 Å². The molecule has 11 aromatic carbocycles. The summed E-state index contributed by atoms with van der Waals surface area (Å²) in [6.07, 6.45) is 3.58. The second kappa shape index (κ2) is 14.0. The second-order valence-corrected chi connectivity index (χ2v) is 18.4. The molecule has 2 heterocycles. The minimum absolute atomic E-state index is 0.398. The lowest BCUT2D eigenvalue weighted by Crippen LogP contribution is -2.25. The highest BCUT2D eigenvalue weighted by atomic mass is 15.0. The van der Waals surface area contributed by atoms with Gasteiger partial charge in [0.05, 0.1) is 27.5 Å². The van der Waals surface area contributed by atoms with Gasteiger partial charge in [-0.1, -0.05) is 176 Å². The van der Waals surface area contributed by atoms with Gasteiger partial charge in [-0.05, 0) is 137 Å². The molecule has 314 valence electrons. The highest BCUT2D eigenvalue weighted by molar-refractivity contribution is 6.23. The van der Waals surface area contributed by atoms with E-state index >= 15 is 0 Å². The van der Waals surface area contributed by atoms with E-state index < -0.39 is 5.41 Å². The van der Waals surface area contributed by atoms with Crippen LogP contribution in [0.5, 0.6) is 0 Å². The van der Waals surface area contributed by atoms with E-state index in [-0.39, 0.29) is 0 Å². The normalized spacial score (nSPS) is 13.1. The van der Waals surface area contributed by atoms with E-state index in [1.807, 2.05) is 0 Å². The van der Waals surface area contributed by atoms with Gasteiger partial charge in [0.2, 0.25) is 0 Å². The Bertz CT molecular complexity index is 4170. The van der Waals surface area contributed by atoms with Crippen molar-refractivity contribution in [1.29, 1.82) is 0 Å². The molecule has 2 aromatic heterocycles. The maximum absolute atomic E-state index is 4.82. The van der Waals surface area contributed by atoms with Crippen molar-refractivity contribution in [3.63, 3.8) is 0 Å². The first kappa shape index (κ1) is 37.3. The highest BCUT2D eigenvalue weighted by Crippen LogP contribution is 2.63. The Morgan fingerprint density at radius 2 is 0.706 bits per heavy atom. The quantitative estimate of drug-likeness (QED) is 0.165. The van der Waals surface area contributed by atoms with Gasteiger partial charge in [0.15, 0.2) is 0 Å². The summed E-state index contributed by atoms with van der Waals surface area (Å²) in [5, 5.41) is 7.03. The summed E-state index contributed by atoms with van der Waals surface area (Å²) in [6.45, 7) is 0. The molecule has 0 N–H and O–H groups in total. The first-order valence-corrected chi connectivity index (χ1v) is 23.5. The van der Waals surface area contributed by atoms with E-state index in [9.17, 15) is 0 Å². The van der Waals surface area contributed by atoms with Crippen LogP contribution in [0.25, 0.3) is 116 Å². The predicted octanol–water partition coefficient (Wildman–Crippen LogP) is 16.4. The van der Waals surface area contributed by atoms with Gasteiger partial charge < -0.3 is 4.57 Å². The minimum Gasteiger partial charge on any atom is -0.309 e. The van der Waals surface area contributed by atoms with Crippen LogP contribution in [0.15, 0.2) is 237 Å². The Labute approximate surface area is 392 Å². The summed E-state index contributed by atoms with van der Waals surface area (Å²) >= 11 is 0. The molecule has 0 saturated heterocycles. The van der Waals surface area contributed by atoms with Gasteiger partial charge in [-0.25, -0.2) is 0 Å². The number of hydrogen-bond acceptors (Lipinski definition) is 2. The molecule has 3 heteroatoms. The molecule has 0 radical (unpaired) electrons. The Hall–Kier alpha value is -8.92. The van der Waals surface area contributed by atoms with Crippen LogP contribution in [0.3, 0.4) is 0 Å². The lowest BCUT2D eigenvalue weighted by molar-refractivity contribution is 0.794. The summed E-state index contributed by atoms with van der Waals surface area (Å²) in [6, 6.07) is 83.5. The van der Waals surface area contributed by atoms with E-state index in [0.717, 1.165) is 27.5 Å². The summed E-state index contributed by atoms with van der Waals surface area (Å²) in [7, 11) is 0. The van der Waals surface area contributed by atoms with Crippen molar-refractivity contribution in [2.45, 2.75) is 5.41 Å². The average molecular weight is 862 g/mol. The molecule has 2 aliphatic carbocycles. The van der Waals surface area contributed by atoms with Gasteiger partial charge in [-0.15, -0.1) is 0 Å². The SMILES string of the molecule is c1ccc(-n2c3ccc(-c4ccc5c(c4)C4(c6ccccc6-c6ccccc64)c4ccccc4-5)cc3c3cc(-c4ccccc4-c4ccc5c(c4)c4ccccc4c4nccnc54)ccc32)cc1. The summed E-state index contributed by atoms with van der Waals surface area (Å²) in [5.74, 6) is 0. The molecule has 13 aromatic rings. The van der Waals surface area contributed by atoms with Crippen LogP contribution >= 0.6 is 0 Å². The average Bonchev–Trinajstić information content (AvgIpc) is 4.02. The lowest BCUT2D eigenvalue weighted by Gasteiger charge is -2.30. The maximum Gasteiger partial charge on any atom is 0.0971 e. The first-order valence-electron chi connectivity index (χ1n) is 23.5. The minimum atomic E-state index is -0.398. The van der Waals surface area contributed by atoms with Crippen molar-refractivity contribution >= 4 is 54.4 Å². The number of aromatic nitrogens is 3. The third-order valence-corrected chi connectivity index (χ3v) is 15.1. The molecular weight excluding hydrogens is 823 g/mol. The molecule has 0 saturated carbocycles. The third-order valence-electron chi connectivity index (χ3n) is 15.1. The summed E-state index contributed by atoms with van der Waals surface area (Å²) in [4.78, 5) is 9.59. The Morgan fingerprint density at radius 1 is 0.279 bits per heavy atom. The van der Waals surface area contributed by atoms with E-state index in [2.05, 4.69) is 229 Å². The number of nitrogens with zero attached hydrogens (tertiary/aromatic N) is 3. The smallest absolute Gasteiger partial charge is 0.0971 e. The predicted molar refractivity (Wildman–Crippen MR) is 281 cm³/mol.